The first kappa shape index (κ1) is 29.7. The number of hydrogen-bond donors (Lipinski definition) is 0. The van der Waals surface area contributed by atoms with Crippen molar-refractivity contribution in [2.75, 3.05) is 0 Å². The Morgan fingerprint density at radius 3 is 1.79 bits per heavy atom. The molecular formula is C50H33N3. The summed E-state index contributed by atoms with van der Waals surface area (Å²) in [6.45, 7) is 6.28. The third kappa shape index (κ3) is 4.31. The third-order valence-electron chi connectivity index (χ3n) is 11.2. The fraction of sp³-hybridized carbons (Fsp3) is 0.0200. The molecule has 0 bridgehead atoms. The Bertz CT molecular complexity index is 3190. The Balaban J connectivity index is 1.08. The molecule has 1 aliphatic rings. The van der Waals surface area contributed by atoms with E-state index in [9.17, 15) is 0 Å². The number of benzene rings is 7. The van der Waals surface area contributed by atoms with Crippen molar-refractivity contribution in [1.29, 1.82) is 0 Å². The Labute approximate surface area is 307 Å². The van der Waals surface area contributed by atoms with Gasteiger partial charge in [0.1, 0.15) is 5.82 Å². The molecule has 0 unspecified atom stereocenters. The van der Waals surface area contributed by atoms with Gasteiger partial charge in [-0.1, -0.05) is 122 Å². The maximum absolute atomic E-state index is 5.34. The molecule has 0 saturated carbocycles. The highest BCUT2D eigenvalue weighted by Gasteiger charge is 2.24. The van der Waals surface area contributed by atoms with Crippen molar-refractivity contribution in [1.82, 2.24) is 14.1 Å². The van der Waals surface area contributed by atoms with Crippen LogP contribution in [0.5, 0.6) is 0 Å². The molecule has 3 aromatic heterocycles. The fourth-order valence-corrected chi connectivity index (χ4v) is 8.78. The summed E-state index contributed by atoms with van der Waals surface area (Å²) in [7, 11) is 0. The number of rotatable bonds is 5. The van der Waals surface area contributed by atoms with Crippen LogP contribution < -0.4 is 0 Å². The van der Waals surface area contributed by atoms with Gasteiger partial charge in [0, 0.05) is 32.6 Å². The molecule has 0 amide bonds. The van der Waals surface area contributed by atoms with Gasteiger partial charge < -0.3 is 4.57 Å². The standard InChI is InChI=1S/C50H33N3/c1-3-38-31(2)50-49-36(16-12-20-41(38)49)30-48(51-50)53-45-22-10-8-19-40(45)43-29-35(24-26-47(43)53)34-23-25-46-42(28-34)39-18-7-9-21-44(39)52(46)37-17-11-15-33(27-37)32-13-5-4-6-14-32/h3-30H,1H2,2H3. The highest BCUT2D eigenvalue weighted by atomic mass is 15.1. The van der Waals surface area contributed by atoms with Crippen molar-refractivity contribution in [3.63, 3.8) is 0 Å². The second kappa shape index (κ2) is 11.3. The second-order valence-corrected chi connectivity index (χ2v) is 14.1. The Hall–Kier alpha value is -6.97. The van der Waals surface area contributed by atoms with Crippen molar-refractivity contribution < 1.29 is 0 Å². The molecule has 1 aliphatic carbocycles. The summed E-state index contributed by atoms with van der Waals surface area (Å²) < 4.78 is 4.73. The molecule has 0 saturated heterocycles. The van der Waals surface area contributed by atoms with E-state index in [2.05, 4.69) is 186 Å². The second-order valence-electron chi connectivity index (χ2n) is 14.1. The van der Waals surface area contributed by atoms with E-state index in [1.54, 1.807) is 0 Å². The van der Waals surface area contributed by atoms with Crippen LogP contribution in [0.1, 0.15) is 18.2 Å². The zero-order valence-corrected chi connectivity index (χ0v) is 29.2. The topological polar surface area (TPSA) is 22.8 Å². The van der Waals surface area contributed by atoms with E-state index in [-0.39, 0.29) is 0 Å². The van der Waals surface area contributed by atoms with Crippen molar-refractivity contribution in [3.8, 4) is 33.8 Å². The van der Waals surface area contributed by atoms with Crippen molar-refractivity contribution in [3.05, 3.63) is 188 Å². The van der Waals surface area contributed by atoms with E-state index in [0.717, 1.165) is 28.2 Å². The van der Waals surface area contributed by atoms with Gasteiger partial charge in [-0.05, 0) is 106 Å². The lowest BCUT2D eigenvalue weighted by atomic mass is 10.0. The summed E-state index contributed by atoms with van der Waals surface area (Å²) in [5, 5.41) is 7.32. The van der Waals surface area contributed by atoms with E-state index >= 15 is 0 Å². The van der Waals surface area contributed by atoms with Crippen LogP contribution in [0, 0.1) is 0 Å². The normalized spacial score (nSPS) is 12.6. The maximum atomic E-state index is 5.34. The largest absolute Gasteiger partial charge is 0.309 e. The number of para-hydroxylation sites is 2. The fourth-order valence-electron chi connectivity index (χ4n) is 8.78. The van der Waals surface area contributed by atoms with Crippen LogP contribution >= 0.6 is 0 Å². The lowest BCUT2D eigenvalue weighted by Crippen LogP contribution is -2.00. The van der Waals surface area contributed by atoms with Gasteiger partial charge in [0.25, 0.3) is 0 Å². The first-order valence-electron chi connectivity index (χ1n) is 18.2. The molecule has 10 aromatic rings. The number of fused-ring (bicyclic) bond motifs is 6. The SMILES string of the molecule is C=CC1=C(C)c2nc(-n3c4ccccc4c4cc(-c5ccc6c(c5)c5ccccc5n6-c5cccc(-c6ccccc6)c5)ccc43)cc3cccc1c23. The van der Waals surface area contributed by atoms with Gasteiger partial charge in [0.15, 0.2) is 0 Å². The smallest absolute Gasteiger partial charge is 0.138 e. The zero-order chi connectivity index (χ0) is 35.2. The molecule has 0 aliphatic heterocycles. The number of allylic oxidation sites excluding steroid dienone is 3. The molecule has 248 valence electrons. The summed E-state index contributed by atoms with van der Waals surface area (Å²) in [6, 6.07) is 59.5. The van der Waals surface area contributed by atoms with Gasteiger partial charge >= 0.3 is 0 Å². The quantitative estimate of drug-likeness (QED) is 0.178. The summed E-state index contributed by atoms with van der Waals surface area (Å²) in [4.78, 5) is 5.34. The van der Waals surface area contributed by atoms with E-state index in [1.807, 2.05) is 6.08 Å². The molecular weight excluding hydrogens is 643 g/mol. The molecule has 3 heterocycles. The van der Waals surface area contributed by atoms with Crippen molar-refractivity contribution in [2.24, 2.45) is 0 Å². The molecule has 7 aromatic carbocycles. The maximum Gasteiger partial charge on any atom is 0.138 e. The van der Waals surface area contributed by atoms with Crippen LogP contribution in [0.15, 0.2) is 176 Å². The van der Waals surface area contributed by atoms with Crippen LogP contribution in [0.4, 0.5) is 0 Å². The molecule has 3 nitrogen and oxygen atoms in total. The first-order chi connectivity index (χ1) is 26.2. The van der Waals surface area contributed by atoms with Crippen LogP contribution in [-0.4, -0.2) is 14.1 Å². The molecule has 0 atom stereocenters. The summed E-state index contributed by atoms with van der Waals surface area (Å²) in [5.41, 5.74) is 15.3. The Kier molecular flexibility index (Phi) is 6.32. The zero-order valence-electron chi connectivity index (χ0n) is 29.2. The average molecular weight is 676 g/mol. The Morgan fingerprint density at radius 2 is 1.08 bits per heavy atom. The number of pyridine rings is 1. The number of aromatic nitrogens is 3. The minimum Gasteiger partial charge on any atom is -0.309 e. The summed E-state index contributed by atoms with van der Waals surface area (Å²) >= 11 is 0. The van der Waals surface area contributed by atoms with Gasteiger partial charge in [-0.25, -0.2) is 4.98 Å². The van der Waals surface area contributed by atoms with E-state index in [0.29, 0.717) is 0 Å². The van der Waals surface area contributed by atoms with E-state index in [1.165, 1.54) is 82.3 Å². The lowest BCUT2D eigenvalue weighted by Gasteiger charge is -2.12. The highest BCUT2D eigenvalue weighted by Crippen LogP contribution is 2.43. The van der Waals surface area contributed by atoms with Crippen LogP contribution in [-0.2, 0) is 0 Å². The van der Waals surface area contributed by atoms with Crippen LogP contribution in [0.2, 0.25) is 0 Å². The van der Waals surface area contributed by atoms with Gasteiger partial charge in [0.05, 0.1) is 27.8 Å². The molecule has 3 heteroatoms. The Morgan fingerprint density at radius 1 is 0.491 bits per heavy atom. The van der Waals surface area contributed by atoms with E-state index in [4.69, 9.17) is 4.98 Å². The molecule has 0 fully saturated rings. The third-order valence-corrected chi connectivity index (χ3v) is 11.2. The number of nitrogens with zero attached hydrogens (tertiary/aromatic N) is 3. The summed E-state index contributed by atoms with van der Waals surface area (Å²) in [5.74, 6) is 0.929. The summed E-state index contributed by atoms with van der Waals surface area (Å²) in [6.07, 6.45) is 1.96. The predicted molar refractivity (Wildman–Crippen MR) is 224 cm³/mol. The molecule has 0 N–H and O–H groups in total. The molecule has 0 radical (unpaired) electrons. The van der Waals surface area contributed by atoms with Gasteiger partial charge in [0.2, 0.25) is 0 Å². The number of hydrogen-bond acceptors (Lipinski definition) is 1. The van der Waals surface area contributed by atoms with Gasteiger partial charge in [-0.3, -0.25) is 4.57 Å². The highest BCUT2D eigenvalue weighted by molar-refractivity contribution is 6.16. The van der Waals surface area contributed by atoms with Crippen LogP contribution in [0.25, 0.3) is 99.3 Å². The molecule has 0 spiro atoms. The minimum atomic E-state index is 0.929. The minimum absolute atomic E-state index is 0.929. The lowest BCUT2D eigenvalue weighted by molar-refractivity contribution is 1.08. The van der Waals surface area contributed by atoms with E-state index < -0.39 is 0 Å². The van der Waals surface area contributed by atoms with Crippen molar-refractivity contribution >= 4 is 65.5 Å². The molecule has 11 rings (SSSR count). The average Bonchev–Trinajstić information content (AvgIpc) is 3.83. The van der Waals surface area contributed by atoms with Gasteiger partial charge in [-0.15, -0.1) is 0 Å². The van der Waals surface area contributed by atoms with Gasteiger partial charge in [-0.2, -0.15) is 0 Å². The first-order valence-corrected chi connectivity index (χ1v) is 18.2. The van der Waals surface area contributed by atoms with Crippen LogP contribution in [0.3, 0.4) is 0 Å². The molecule has 53 heavy (non-hydrogen) atoms. The predicted octanol–water partition coefficient (Wildman–Crippen LogP) is 13.2. The van der Waals surface area contributed by atoms with Crippen molar-refractivity contribution in [2.45, 2.75) is 6.92 Å². The monoisotopic (exact) mass is 675 g/mol.